The predicted molar refractivity (Wildman–Crippen MR) is 96.2 cm³/mol. The molecule has 2 fully saturated rings. The average molecular weight is 326 g/mol. The molecule has 2 saturated heterocycles. The lowest BCUT2D eigenvalue weighted by atomic mass is 9.97. The third kappa shape index (κ3) is 3.32. The Balaban J connectivity index is 1.34. The largest absolute Gasteiger partial charge is 0.351 e. The first-order valence-electron chi connectivity index (χ1n) is 9.10. The Bertz CT molecular complexity index is 663. The molecule has 5 heteroatoms. The van der Waals surface area contributed by atoms with E-state index in [1.807, 2.05) is 35.2 Å². The van der Waals surface area contributed by atoms with Gasteiger partial charge < -0.3 is 15.2 Å². The zero-order chi connectivity index (χ0) is 16.4. The second kappa shape index (κ2) is 6.95. The number of rotatable bonds is 3. The Morgan fingerprint density at radius 2 is 1.83 bits per heavy atom. The topological polar surface area (TPSA) is 51.4 Å². The lowest BCUT2D eigenvalue weighted by Crippen LogP contribution is -2.50. The number of H-pyrrole nitrogens is 1. The van der Waals surface area contributed by atoms with Gasteiger partial charge in [0, 0.05) is 43.6 Å². The van der Waals surface area contributed by atoms with Crippen LogP contribution < -0.4 is 5.32 Å². The minimum atomic E-state index is 0.132. The van der Waals surface area contributed by atoms with Gasteiger partial charge in [0.1, 0.15) is 5.69 Å². The number of piperidine rings is 1. The number of benzene rings is 1. The lowest BCUT2D eigenvalue weighted by molar-refractivity contribution is 0.0604. The van der Waals surface area contributed by atoms with Gasteiger partial charge in [-0.3, -0.25) is 9.69 Å². The maximum Gasteiger partial charge on any atom is 0.270 e. The number of nitrogens with zero attached hydrogens (tertiary/aromatic N) is 2. The Morgan fingerprint density at radius 1 is 1.08 bits per heavy atom. The molecule has 3 heterocycles. The Morgan fingerprint density at radius 3 is 2.58 bits per heavy atom. The molecule has 0 bridgehead atoms. The molecule has 0 aliphatic carbocycles. The Hall–Kier alpha value is -1.85. The smallest absolute Gasteiger partial charge is 0.270 e. The van der Waals surface area contributed by atoms with E-state index in [2.05, 4.69) is 15.2 Å². The quantitative estimate of drug-likeness (QED) is 0.906. The Kier molecular flexibility index (Phi) is 4.54. The minimum absolute atomic E-state index is 0.132. The summed E-state index contributed by atoms with van der Waals surface area (Å²) in [5.74, 6) is 0.954. The molecule has 0 unspecified atom stereocenters. The fraction of sp³-hybridized carbons (Fsp3) is 0.526. The monoisotopic (exact) mass is 326 g/mol. The normalized spacial score (nSPS) is 20.6. The number of aromatic nitrogens is 1. The molecule has 0 radical (unpaired) electrons. The third-order valence-electron chi connectivity index (χ3n) is 5.40. The molecule has 1 aromatic carbocycles. The molecule has 2 N–H and O–H groups in total. The van der Waals surface area contributed by atoms with Crippen molar-refractivity contribution >= 4 is 16.8 Å². The summed E-state index contributed by atoms with van der Waals surface area (Å²) in [4.78, 5) is 20.5. The van der Waals surface area contributed by atoms with Crippen LogP contribution in [0.3, 0.4) is 0 Å². The van der Waals surface area contributed by atoms with Crippen molar-refractivity contribution in [3.05, 3.63) is 36.0 Å². The number of hydrogen-bond donors (Lipinski definition) is 2. The van der Waals surface area contributed by atoms with Crippen molar-refractivity contribution in [2.45, 2.75) is 12.8 Å². The van der Waals surface area contributed by atoms with E-state index in [1.165, 1.54) is 19.4 Å². The van der Waals surface area contributed by atoms with Crippen LogP contribution in [0, 0.1) is 5.92 Å². The summed E-state index contributed by atoms with van der Waals surface area (Å²) in [5, 5.41) is 4.53. The maximum atomic E-state index is 12.7. The van der Waals surface area contributed by atoms with Crippen molar-refractivity contribution < 1.29 is 4.79 Å². The summed E-state index contributed by atoms with van der Waals surface area (Å²) in [7, 11) is 0. The van der Waals surface area contributed by atoms with Crippen molar-refractivity contribution in [2.24, 2.45) is 5.92 Å². The number of nitrogens with one attached hydrogen (secondary N) is 2. The highest BCUT2D eigenvalue weighted by Gasteiger charge is 2.25. The summed E-state index contributed by atoms with van der Waals surface area (Å²) in [6, 6.07) is 10.0. The molecule has 0 atom stereocenters. The summed E-state index contributed by atoms with van der Waals surface area (Å²) in [5.41, 5.74) is 1.74. The molecule has 2 aliphatic rings. The Labute approximate surface area is 143 Å². The van der Waals surface area contributed by atoms with E-state index in [4.69, 9.17) is 0 Å². The number of carbonyl (C=O) groups is 1. The number of para-hydroxylation sites is 1. The lowest BCUT2D eigenvalue weighted by Gasteiger charge is -2.37. The summed E-state index contributed by atoms with van der Waals surface area (Å²) in [6.07, 6.45) is 2.57. The second-order valence-electron chi connectivity index (χ2n) is 7.06. The highest BCUT2D eigenvalue weighted by atomic mass is 16.2. The number of amides is 1. The van der Waals surface area contributed by atoms with E-state index >= 15 is 0 Å². The molecular formula is C19H26N4O. The van der Waals surface area contributed by atoms with E-state index in [0.29, 0.717) is 5.69 Å². The molecule has 2 aromatic rings. The first kappa shape index (κ1) is 15.7. The molecule has 1 aromatic heterocycles. The zero-order valence-corrected chi connectivity index (χ0v) is 14.1. The molecule has 0 saturated carbocycles. The van der Waals surface area contributed by atoms with Crippen LogP contribution in [0.2, 0.25) is 0 Å². The summed E-state index contributed by atoms with van der Waals surface area (Å²) in [6.45, 7) is 7.16. The highest BCUT2D eigenvalue weighted by molar-refractivity contribution is 5.98. The fourth-order valence-electron chi connectivity index (χ4n) is 3.92. The summed E-state index contributed by atoms with van der Waals surface area (Å²) >= 11 is 0. The summed E-state index contributed by atoms with van der Waals surface area (Å²) < 4.78 is 0. The van der Waals surface area contributed by atoms with Crippen LogP contribution in [0.5, 0.6) is 0 Å². The van der Waals surface area contributed by atoms with Crippen LogP contribution in [-0.4, -0.2) is 66.5 Å². The molecule has 1 amide bonds. The van der Waals surface area contributed by atoms with Gasteiger partial charge in [-0.25, -0.2) is 0 Å². The van der Waals surface area contributed by atoms with Crippen LogP contribution >= 0.6 is 0 Å². The minimum Gasteiger partial charge on any atom is -0.351 e. The molecule has 0 spiro atoms. The van der Waals surface area contributed by atoms with Crippen LogP contribution in [0.15, 0.2) is 30.3 Å². The zero-order valence-electron chi connectivity index (χ0n) is 14.1. The molecule has 4 rings (SSSR count). The average Bonchev–Trinajstić information content (AvgIpc) is 3.07. The predicted octanol–water partition coefficient (Wildman–Crippen LogP) is 1.93. The van der Waals surface area contributed by atoms with Gasteiger partial charge in [-0.05, 0) is 44.0 Å². The van der Waals surface area contributed by atoms with Crippen LogP contribution in [-0.2, 0) is 0 Å². The second-order valence-corrected chi connectivity index (χ2v) is 7.06. The number of piperazine rings is 1. The van der Waals surface area contributed by atoms with E-state index in [1.54, 1.807) is 0 Å². The van der Waals surface area contributed by atoms with Gasteiger partial charge in [0.05, 0.1) is 0 Å². The van der Waals surface area contributed by atoms with Gasteiger partial charge in [-0.2, -0.15) is 0 Å². The van der Waals surface area contributed by atoms with E-state index in [-0.39, 0.29) is 5.91 Å². The van der Waals surface area contributed by atoms with Gasteiger partial charge >= 0.3 is 0 Å². The van der Waals surface area contributed by atoms with E-state index < -0.39 is 0 Å². The van der Waals surface area contributed by atoms with Crippen LogP contribution in [0.4, 0.5) is 0 Å². The van der Waals surface area contributed by atoms with Crippen LogP contribution in [0.1, 0.15) is 23.3 Å². The van der Waals surface area contributed by atoms with Gasteiger partial charge in [0.15, 0.2) is 0 Å². The van der Waals surface area contributed by atoms with E-state index in [0.717, 1.165) is 56.1 Å². The highest BCUT2D eigenvalue weighted by Crippen LogP contribution is 2.18. The van der Waals surface area contributed by atoms with Gasteiger partial charge in [0.2, 0.25) is 0 Å². The first-order valence-corrected chi connectivity index (χ1v) is 9.10. The van der Waals surface area contributed by atoms with E-state index in [9.17, 15) is 4.79 Å². The molecule has 2 aliphatic heterocycles. The van der Waals surface area contributed by atoms with Gasteiger partial charge in [-0.15, -0.1) is 0 Å². The number of hydrogen-bond acceptors (Lipinski definition) is 3. The van der Waals surface area contributed by atoms with Gasteiger partial charge in [0.25, 0.3) is 5.91 Å². The molecule has 24 heavy (non-hydrogen) atoms. The SMILES string of the molecule is O=C(c1cc2ccccc2[nH]1)N1CCN(CC2CCNCC2)CC1. The van der Waals surface area contributed by atoms with Crippen molar-refractivity contribution in [3.63, 3.8) is 0 Å². The van der Waals surface area contributed by atoms with Crippen LogP contribution in [0.25, 0.3) is 10.9 Å². The van der Waals surface area contributed by atoms with Crippen molar-refractivity contribution in [1.82, 2.24) is 20.1 Å². The number of carbonyl (C=O) groups excluding carboxylic acids is 1. The van der Waals surface area contributed by atoms with Gasteiger partial charge in [-0.1, -0.05) is 18.2 Å². The molecular weight excluding hydrogens is 300 g/mol. The number of aromatic amines is 1. The number of fused-ring (bicyclic) bond motifs is 1. The van der Waals surface area contributed by atoms with Crippen molar-refractivity contribution in [3.8, 4) is 0 Å². The standard InChI is InChI=1S/C19H26N4O/c24-19(18-13-16-3-1-2-4-17(16)21-18)23-11-9-22(10-12-23)14-15-5-7-20-8-6-15/h1-4,13,15,20-21H,5-12,14H2. The third-order valence-corrected chi connectivity index (χ3v) is 5.40. The van der Waals surface area contributed by atoms with Crippen molar-refractivity contribution in [1.29, 1.82) is 0 Å². The fourth-order valence-corrected chi connectivity index (χ4v) is 3.92. The maximum absolute atomic E-state index is 12.7. The molecule has 5 nitrogen and oxygen atoms in total. The first-order chi connectivity index (χ1) is 11.8. The molecule has 128 valence electrons. The van der Waals surface area contributed by atoms with Crippen molar-refractivity contribution in [2.75, 3.05) is 45.8 Å².